The van der Waals surface area contributed by atoms with Gasteiger partial charge in [0.25, 0.3) is 0 Å². The average molecular weight is 376 g/mol. The summed E-state index contributed by atoms with van der Waals surface area (Å²) in [7, 11) is 0. The molecule has 1 aliphatic rings. The fourth-order valence-electron chi connectivity index (χ4n) is 3.43. The molecule has 3 rings (SSSR count). The minimum absolute atomic E-state index is 0. The molecule has 2 aromatic rings. The lowest BCUT2D eigenvalue weighted by Crippen LogP contribution is -2.47. The third kappa shape index (κ3) is 5.84. The first kappa shape index (κ1) is 20.4. The number of rotatable bonds is 6. The molecule has 2 N–H and O–H groups in total. The highest BCUT2D eigenvalue weighted by molar-refractivity contribution is 5.85. The molecule has 1 heterocycles. The average Bonchev–Trinajstić information content (AvgIpc) is 2.60. The number of halogens is 1. The maximum atomic E-state index is 12.3. The highest BCUT2D eigenvalue weighted by Crippen LogP contribution is 2.26. The Morgan fingerprint density at radius 1 is 0.962 bits per heavy atom. The van der Waals surface area contributed by atoms with Gasteiger partial charge >= 0.3 is 0 Å². The van der Waals surface area contributed by atoms with Crippen molar-refractivity contribution in [3.63, 3.8) is 0 Å². The molecule has 0 spiro atoms. The monoisotopic (exact) mass is 375 g/mol. The summed E-state index contributed by atoms with van der Waals surface area (Å²) in [5.74, 6) is 0.379. The molecule has 1 saturated heterocycles. The van der Waals surface area contributed by atoms with Crippen LogP contribution < -0.4 is 0 Å². The number of benzene rings is 2. The fraction of sp³-hybridized carbons (Fsp3) is 0.381. The van der Waals surface area contributed by atoms with E-state index < -0.39 is 5.60 Å². The number of phenols is 1. The van der Waals surface area contributed by atoms with E-state index in [-0.39, 0.29) is 23.9 Å². The van der Waals surface area contributed by atoms with Gasteiger partial charge in [0.15, 0.2) is 5.78 Å². The minimum Gasteiger partial charge on any atom is -0.508 e. The van der Waals surface area contributed by atoms with Gasteiger partial charge in [-0.2, -0.15) is 0 Å². The van der Waals surface area contributed by atoms with Crippen molar-refractivity contribution >= 4 is 18.2 Å². The number of aromatic hydroxyl groups is 1. The molecular weight excluding hydrogens is 350 g/mol. The largest absolute Gasteiger partial charge is 0.508 e. The van der Waals surface area contributed by atoms with Crippen LogP contribution in [0.1, 0.15) is 24.0 Å². The van der Waals surface area contributed by atoms with Crippen LogP contribution in [0.15, 0.2) is 54.6 Å². The van der Waals surface area contributed by atoms with Crippen LogP contribution in [0, 0.1) is 0 Å². The number of phenolic OH excluding ortho intramolecular Hbond substituents is 1. The first-order chi connectivity index (χ1) is 12.0. The molecule has 0 bridgehead atoms. The highest BCUT2D eigenvalue weighted by atomic mass is 35.5. The van der Waals surface area contributed by atoms with E-state index in [1.807, 2.05) is 30.3 Å². The van der Waals surface area contributed by atoms with Crippen LogP contribution in [0.2, 0.25) is 0 Å². The number of piperidine rings is 1. The van der Waals surface area contributed by atoms with Gasteiger partial charge in [-0.1, -0.05) is 42.5 Å². The summed E-state index contributed by atoms with van der Waals surface area (Å²) in [6.45, 7) is 1.90. The second kappa shape index (κ2) is 9.17. The van der Waals surface area contributed by atoms with Crippen LogP contribution >= 0.6 is 12.4 Å². The van der Waals surface area contributed by atoms with Crippen LogP contribution in [-0.2, 0) is 17.6 Å². The topological polar surface area (TPSA) is 60.8 Å². The number of aliphatic hydroxyl groups is 1. The fourth-order valence-corrected chi connectivity index (χ4v) is 3.43. The van der Waals surface area contributed by atoms with Crippen molar-refractivity contribution in [1.29, 1.82) is 0 Å². The van der Waals surface area contributed by atoms with E-state index in [0.717, 1.165) is 24.2 Å². The number of ketones is 1. The lowest BCUT2D eigenvalue weighted by molar-refractivity contribution is -0.120. The van der Waals surface area contributed by atoms with Gasteiger partial charge in [0.05, 0.1) is 12.1 Å². The van der Waals surface area contributed by atoms with Crippen molar-refractivity contribution in [2.45, 2.75) is 31.3 Å². The van der Waals surface area contributed by atoms with Crippen molar-refractivity contribution < 1.29 is 15.0 Å². The third-order valence-electron chi connectivity index (χ3n) is 4.90. The maximum absolute atomic E-state index is 12.3. The minimum atomic E-state index is -0.669. The molecule has 0 amide bonds. The van der Waals surface area contributed by atoms with Crippen LogP contribution in [0.5, 0.6) is 5.75 Å². The number of hydrogen-bond donors (Lipinski definition) is 2. The van der Waals surface area contributed by atoms with Gasteiger partial charge in [-0.3, -0.25) is 9.69 Å². The summed E-state index contributed by atoms with van der Waals surface area (Å²) in [4.78, 5) is 14.4. The Hall–Kier alpha value is -1.88. The summed E-state index contributed by atoms with van der Waals surface area (Å²) in [5.41, 5.74) is 1.40. The van der Waals surface area contributed by atoms with E-state index in [9.17, 15) is 15.0 Å². The number of nitrogens with zero attached hydrogens (tertiary/aromatic N) is 1. The summed E-state index contributed by atoms with van der Waals surface area (Å²) in [6, 6.07) is 16.8. The Labute approximate surface area is 160 Å². The van der Waals surface area contributed by atoms with E-state index >= 15 is 0 Å². The van der Waals surface area contributed by atoms with Crippen LogP contribution in [0.3, 0.4) is 0 Å². The van der Waals surface area contributed by atoms with Gasteiger partial charge in [-0.25, -0.2) is 0 Å². The smallest absolute Gasteiger partial charge is 0.151 e. The van der Waals surface area contributed by atoms with E-state index in [2.05, 4.69) is 4.90 Å². The Balaban J connectivity index is 0.00000243. The predicted molar refractivity (Wildman–Crippen MR) is 105 cm³/mol. The van der Waals surface area contributed by atoms with Crippen LogP contribution in [-0.4, -0.2) is 46.1 Å². The van der Waals surface area contributed by atoms with Gasteiger partial charge in [-0.15, -0.1) is 12.4 Å². The van der Waals surface area contributed by atoms with Gasteiger partial charge < -0.3 is 10.2 Å². The van der Waals surface area contributed by atoms with E-state index in [0.29, 0.717) is 32.2 Å². The molecule has 1 aliphatic heterocycles. The van der Waals surface area contributed by atoms with Crippen LogP contribution in [0.4, 0.5) is 0 Å². The predicted octanol–water partition coefficient (Wildman–Crippen LogP) is 3.00. The number of likely N-dealkylation sites (tertiary alicyclic amines) is 1. The van der Waals surface area contributed by atoms with Crippen LogP contribution in [0.25, 0.3) is 0 Å². The van der Waals surface area contributed by atoms with Crippen molar-refractivity contribution in [3.8, 4) is 5.75 Å². The second-order valence-electron chi connectivity index (χ2n) is 7.04. The number of Topliss-reactive ketones (excluding diaryl/α,β-unsaturated/α-hetero) is 1. The van der Waals surface area contributed by atoms with E-state index in [1.165, 1.54) is 0 Å². The molecule has 0 atom stereocenters. The first-order valence-corrected chi connectivity index (χ1v) is 8.81. The molecule has 0 unspecified atom stereocenters. The molecule has 0 aliphatic carbocycles. The molecule has 140 valence electrons. The number of carbonyl (C=O) groups excluding carboxylic acids is 1. The maximum Gasteiger partial charge on any atom is 0.151 e. The second-order valence-corrected chi connectivity index (χ2v) is 7.04. The zero-order chi connectivity index (χ0) is 17.7. The Kier molecular flexibility index (Phi) is 7.21. The van der Waals surface area contributed by atoms with Gasteiger partial charge in [0.1, 0.15) is 5.75 Å². The van der Waals surface area contributed by atoms with E-state index in [1.54, 1.807) is 24.3 Å². The lowest BCUT2D eigenvalue weighted by atomic mass is 9.85. The van der Waals surface area contributed by atoms with Crippen molar-refractivity contribution in [1.82, 2.24) is 4.90 Å². The Bertz CT molecular complexity index is 695. The quantitative estimate of drug-likeness (QED) is 0.814. The standard InChI is InChI=1S/C21H25NO3.ClH/c23-19-8-6-17(7-9-19)14-20(24)16-22-12-10-21(25,11-13-22)15-18-4-2-1-3-5-18;/h1-9,23,25H,10-16H2;1H. The van der Waals surface area contributed by atoms with E-state index in [4.69, 9.17) is 0 Å². The summed E-state index contributed by atoms with van der Waals surface area (Å²) < 4.78 is 0. The summed E-state index contributed by atoms with van der Waals surface area (Å²) in [5, 5.41) is 20.1. The SMILES string of the molecule is Cl.O=C(Cc1ccc(O)cc1)CN1CCC(O)(Cc2ccccc2)CC1. The molecule has 5 heteroatoms. The summed E-state index contributed by atoms with van der Waals surface area (Å²) >= 11 is 0. The molecular formula is C21H26ClNO3. The van der Waals surface area contributed by atoms with Gasteiger partial charge in [0.2, 0.25) is 0 Å². The molecule has 1 fully saturated rings. The number of carbonyl (C=O) groups is 1. The normalized spacial score (nSPS) is 16.7. The lowest BCUT2D eigenvalue weighted by Gasteiger charge is -2.38. The Morgan fingerprint density at radius 2 is 1.58 bits per heavy atom. The molecule has 26 heavy (non-hydrogen) atoms. The van der Waals surface area contributed by atoms with Crippen molar-refractivity contribution in [3.05, 3.63) is 65.7 Å². The zero-order valence-electron chi connectivity index (χ0n) is 14.8. The first-order valence-electron chi connectivity index (χ1n) is 8.81. The number of hydrogen-bond acceptors (Lipinski definition) is 4. The Morgan fingerprint density at radius 3 is 2.19 bits per heavy atom. The molecule has 0 aromatic heterocycles. The van der Waals surface area contributed by atoms with Crippen molar-refractivity contribution in [2.75, 3.05) is 19.6 Å². The highest BCUT2D eigenvalue weighted by Gasteiger charge is 2.32. The zero-order valence-corrected chi connectivity index (χ0v) is 15.6. The van der Waals surface area contributed by atoms with Gasteiger partial charge in [-0.05, 0) is 36.1 Å². The molecule has 0 saturated carbocycles. The van der Waals surface area contributed by atoms with Crippen molar-refractivity contribution in [2.24, 2.45) is 0 Å². The summed E-state index contributed by atoms with van der Waals surface area (Å²) in [6.07, 6.45) is 2.43. The third-order valence-corrected chi connectivity index (χ3v) is 4.90. The van der Waals surface area contributed by atoms with Gasteiger partial charge in [0, 0.05) is 25.9 Å². The molecule has 2 aromatic carbocycles. The molecule has 0 radical (unpaired) electrons. The molecule has 4 nitrogen and oxygen atoms in total.